The van der Waals surface area contributed by atoms with Crippen molar-refractivity contribution < 1.29 is 9.46 Å². The van der Waals surface area contributed by atoms with Gasteiger partial charge in [-0.05, 0) is 31.5 Å². The Bertz CT molecular complexity index is 556. The largest absolute Gasteiger partial charge is 0.591 e. The summed E-state index contributed by atoms with van der Waals surface area (Å²) in [5.41, 5.74) is 4.00. The van der Waals surface area contributed by atoms with Crippen molar-refractivity contribution in [3.05, 3.63) is 53.6 Å². The normalized spacial score (nSPS) is 11.4. The van der Waals surface area contributed by atoms with Crippen molar-refractivity contribution in [3.63, 3.8) is 0 Å². The van der Waals surface area contributed by atoms with E-state index in [0.717, 1.165) is 22.3 Å². The predicted molar refractivity (Wildman–Crippen MR) is 68.6 cm³/mol. The summed E-state index contributed by atoms with van der Waals surface area (Å²) in [6.45, 7) is 4.02. The maximum atomic E-state index is 11.2. The van der Waals surface area contributed by atoms with Crippen LogP contribution in [0.1, 0.15) is 11.1 Å². The first-order valence-electron chi connectivity index (χ1n) is 5.40. The minimum Gasteiger partial charge on any atom is -0.591 e. The molecule has 0 aliphatic rings. The highest BCUT2D eigenvalue weighted by atomic mass is 31.1. The van der Waals surface area contributed by atoms with Gasteiger partial charge in [-0.2, -0.15) is 0 Å². The van der Waals surface area contributed by atoms with Crippen LogP contribution in [0.3, 0.4) is 0 Å². The van der Waals surface area contributed by atoms with Crippen molar-refractivity contribution in [2.45, 2.75) is 13.8 Å². The number of benzene rings is 2. The molecule has 3 heteroatoms. The van der Waals surface area contributed by atoms with Crippen LogP contribution in [0.2, 0.25) is 0 Å². The highest BCUT2D eigenvalue weighted by molar-refractivity contribution is 7.46. The van der Waals surface area contributed by atoms with Crippen molar-refractivity contribution in [3.8, 4) is 11.1 Å². The number of hydrogen-bond donors (Lipinski definition) is 0. The van der Waals surface area contributed by atoms with Crippen molar-refractivity contribution in [1.29, 1.82) is 0 Å². The molecule has 2 aromatic rings. The molecule has 86 valence electrons. The summed E-state index contributed by atoms with van der Waals surface area (Å²) >= 11 is 0. The van der Waals surface area contributed by atoms with Crippen LogP contribution in [0, 0.1) is 13.8 Å². The Kier molecular flexibility index (Phi) is 3.37. The molecule has 0 N–H and O–H groups in total. The van der Waals surface area contributed by atoms with E-state index in [9.17, 15) is 9.46 Å². The van der Waals surface area contributed by atoms with Gasteiger partial charge in [0.25, 0.3) is 0 Å². The molecule has 0 bridgehead atoms. The molecule has 0 saturated heterocycles. The average Bonchev–Trinajstić information content (AvgIpc) is 2.27. The molecule has 0 fully saturated rings. The Hall–Kier alpha value is -1.50. The molecule has 0 spiro atoms. The molecule has 0 saturated carbocycles. The Labute approximate surface area is 102 Å². The maximum absolute atomic E-state index is 11.2. The molecule has 0 radical (unpaired) electrons. The fraction of sp³-hybridized carbons (Fsp3) is 0.143. The van der Waals surface area contributed by atoms with Gasteiger partial charge in [0.05, 0.1) is 0 Å². The smallest absolute Gasteiger partial charge is 0.349 e. The fourth-order valence-electron chi connectivity index (χ4n) is 2.01. The monoisotopic (exact) mass is 244 g/mol. The molecule has 0 amide bonds. The number of aryl methyl sites for hydroxylation is 2. The van der Waals surface area contributed by atoms with Crippen molar-refractivity contribution in [2.75, 3.05) is 0 Å². The van der Waals surface area contributed by atoms with Gasteiger partial charge in [-0.3, -0.25) is 0 Å². The van der Waals surface area contributed by atoms with Crippen LogP contribution in [0.5, 0.6) is 0 Å². The number of hydrogen-bond acceptors (Lipinski definition) is 2. The Morgan fingerprint density at radius 1 is 1.00 bits per heavy atom. The molecule has 2 nitrogen and oxygen atoms in total. The van der Waals surface area contributed by atoms with Gasteiger partial charge in [0.2, 0.25) is 0 Å². The summed E-state index contributed by atoms with van der Waals surface area (Å²) in [4.78, 5) is 11.2. The van der Waals surface area contributed by atoms with Crippen LogP contribution in [0.15, 0.2) is 42.5 Å². The quantitative estimate of drug-likeness (QED) is 0.762. The lowest BCUT2D eigenvalue weighted by Crippen LogP contribution is -2.07. The van der Waals surface area contributed by atoms with Gasteiger partial charge in [0.15, 0.2) is 5.30 Å². The molecule has 2 aromatic carbocycles. The molecular formula is C14H13O2P. The molecule has 1 atom stereocenters. The van der Waals surface area contributed by atoms with E-state index in [-0.39, 0.29) is 0 Å². The van der Waals surface area contributed by atoms with Crippen molar-refractivity contribution in [2.24, 2.45) is 0 Å². The zero-order valence-corrected chi connectivity index (χ0v) is 10.7. The third-order valence-electron chi connectivity index (χ3n) is 2.63. The summed E-state index contributed by atoms with van der Waals surface area (Å²) in [6.07, 6.45) is 0. The average molecular weight is 244 g/mol. The van der Waals surface area contributed by atoms with Crippen molar-refractivity contribution >= 4 is 13.3 Å². The Balaban J connectivity index is 2.64. The SMILES string of the molecule is Cc1cc(C)cc(-c2ccccc2[P+](=O)[O-])c1. The minimum absolute atomic E-state index is 0.382. The van der Waals surface area contributed by atoms with E-state index < -0.39 is 8.03 Å². The lowest BCUT2D eigenvalue weighted by Gasteiger charge is -2.06. The van der Waals surface area contributed by atoms with Crippen molar-refractivity contribution in [1.82, 2.24) is 0 Å². The predicted octanol–water partition coefficient (Wildman–Crippen LogP) is 2.70. The zero-order chi connectivity index (χ0) is 12.4. The highest BCUT2D eigenvalue weighted by Crippen LogP contribution is 2.25. The summed E-state index contributed by atoms with van der Waals surface area (Å²) < 4.78 is 11.2. The second kappa shape index (κ2) is 4.79. The first-order chi connectivity index (χ1) is 8.08. The maximum Gasteiger partial charge on any atom is 0.349 e. The number of rotatable bonds is 2. The first kappa shape index (κ1) is 12.0. The molecule has 2 rings (SSSR count). The zero-order valence-electron chi connectivity index (χ0n) is 9.81. The summed E-state index contributed by atoms with van der Waals surface area (Å²) in [5, 5.41) is 0.382. The molecule has 0 aliphatic carbocycles. The lowest BCUT2D eigenvalue weighted by atomic mass is 10.0. The fourth-order valence-corrected chi connectivity index (χ4v) is 2.62. The third-order valence-corrected chi connectivity index (χ3v) is 3.42. The Morgan fingerprint density at radius 3 is 2.18 bits per heavy atom. The molecule has 0 aromatic heterocycles. The second-order valence-corrected chi connectivity index (χ2v) is 5.15. The minimum atomic E-state index is -2.56. The molecule has 0 aliphatic heterocycles. The van der Waals surface area contributed by atoms with Gasteiger partial charge in [-0.15, -0.1) is 0 Å². The van der Waals surface area contributed by atoms with E-state index in [0.29, 0.717) is 5.30 Å². The van der Waals surface area contributed by atoms with Crippen LogP contribution in [0.4, 0.5) is 0 Å². The summed E-state index contributed by atoms with van der Waals surface area (Å²) in [7, 11) is -2.56. The highest BCUT2D eigenvalue weighted by Gasteiger charge is 2.15. The molecule has 0 heterocycles. The van der Waals surface area contributed by atoms with Crippen LogP contribution in [-0.2, 0) is 4.57 Å². The van der Waals surface area contributed by atoms with E-state index in [1.54, 1.807) is 12.1 Å². The lowest BCUT2D eigenvalue weighted by molar-refractivity contribution is -0.160. The van der Waals surface area contributed by atoms with Gasteiger partial charge in [0.1, 0.15) is 0 Å². The van der Waals surface area contributed by atoms with Gasteiger partial charge in [0, 0.05) is 5.56 Å². The van der Waals surface area contributed by atoms with Gasteiger partial charge in [-0.25, -0.2) is 0 Å². The third kappa shape index (κ3) is 2.60. The first-order valence-corrected chi connectivity index (χ1v) is 6.58. The molecular weight excluding hydrogens is 231 g/mol. The topological polar surface area (TPSA) is 40.1 Å². The van der Waals surface area contributed by atoms with E-state index >= 15 is 0 Å². The van der Waals surface area contributed by atoms with Crippen LogP contribution in [-0.4, -0.2) is 0 Å². The van der Waals surface area contributed by atoms with Gasteiger partial charge in [-0.1, -0.05) is 46.0 Å². The van der Waals surface area contributed by atoms with E-state index in [1.165, 1.54) is 0 Å². The standard InChI is InChI=1S/C14H13O2P/c1-10-7-11(2)9-12(8-10)13-5-3-4-6-14(13)17(15)16/h3-9H,1-2H3. The van der Waals surface area contributed by atoms with Gasteiger partial charge < -0.3 is 4.89 Å². The van der Waals surface area contributed by atoms with Crippen LogP contribution >= 0.6 is 8.03 Å². The van der Waals surface area contributed by atoms with E-state index in [4.69, 9.17) is 0 Å². The summed E-state index contributed by atoms with van der Waals surface area (Å²) in [5.74, 6) is 0. The van der Waals surface area contributed by atoms with Crippen LogP contribution < -0.4 is 10.2 Å². The molecule has 17 heavy (non-hydrogen) atoms. The van der Waals surface area contributed by atoms with Gasteiger partial charge >= 0.3 is 8.03 Å². The van der Waals surface area contributed by atoms with E-state index in [2.05, 4.69) is 6.07 Å². The van der Waals surface area contributed by atoms with Crippen LogP contribution in [0.25, 0.3) is 11.1 Å². The Morgan fingerprint density at radius 2 is 1.59 bits per heavy atom. The second-order valence-electron chi connectivity index (χ2n) is 4.15. The molecule has 1 unspecified atom stereocenters. The van der Waals surface area contributed by atoms with E-state index in [1.807, 2.05) is 38.1 Å². The summed E-state index contributed by atoms with van der Waals surface area (Å²) in [6, 6.07) is 13.2.